The molecule has 0 aliphatic carbocycles. The number of fused-ring (bicyclic) bond motifs is 1. The molecule has 0 radical (unpaired) electrons. The van der Waals surface area contributed by atoms with E-state index < -0.39 is 0 Å². The molecule has 0 spiro atoms. The van der Waals surface area contributed by atoms with E-state index in [1.54, 1.807) is 6.08 Å². The molecular weight excluding hydrogens is 352 g/mol. The van der Waals surface area contributed by atoms with Crippen LogP contribution in [0.1, 0.15) is 28.8 Å². The molecule has 28 heavy (non-hydrogen) atoms. The van der Waals surface area contributed by atoms with Crippen molar-refractivity contribution in [2.45, 2.75) is 33.4 Å². The van der Waals surface area contributed by atoms with Crippen LogP contribution in [0, 0.1) is 25.2 Å². The first-order valence-electron chi connectivity index (χ1n) is 9.09. The number of nitrogens with one attached hydrogen (secondary N) is 2. The number of hydrogen-bond donors (Lipinski definition) is 2. The van der Waals surface area contributed by atoms with Crippen LogP contribution in [-0.4, -0.2) is 15.5 Å². The zero-order valence-corrected chi connectivity index (χ0v) is 16.0. The normalized spacial score (nSPS) is 11.0. The van der Waals surface area contributed by atoms with Crippen LogP contribution in [0.2, 0.25) is 0 Å². The van der Waals surface area contributed by atoms with Gasteiger partial charge >= 0.3 is 0 Å². The lowest BCUT2D eigenvalue weighted by Gasteiger charge is -2.06. The number of aryl methyl sites for hydroxylation is 3. The predicted octanol–water partition coefficient (Wildman–Crippen LogP) is 3.19. The first-order valence-corrected chi connectivity index (χ1v) is 9.09. The summed E-state index contributed by atoms with van der Waals surface area (Å²) in [6.45, 7) is 4.46. The van der Waals surface area contributed by atoms with E-state index in [2.05, 4.69) is 16.4 Å². The molecule has 0 aliphatic rings. The van der Waals surface area contributed by atoms with E-state index in [1.165, 1.54) is 6.08 Å². The van der Waals surface area contributed by atoms with Gasteiger partial charge in [-0.25, -0.2) is 0 Å². The van der Waals surface area contributed by atoms with Gasteiger partial charge in [0.1, 0.15) is 0 Å². The molecule has 1 aromatic carbocycles. The minimum absolute atomic E-state index is 0.175. The lowest BCUT2D eigenvalue weighted by Crippen LogP contribution is -2.26. The Kier molecular flexibility index (Phi) is 5.75. The number of carbonyl (C=O) groups is 1. The molecule has 2 heterocycles. The molecule has 3 aromatic rings. The van der Waals surface area contributed by atoms with Crippen molar-refractivity contribution in [2.24, 2.45) is 0 Å². The van der Waals surface area contributed by atoms with Crippen LogP contribution in [-0.2, 0) is 17.9 Å². The van der Waals surface area contributed by atoms with Crippen molar-refractivity contribution in [1.29, 1.82) is 5.26 Å². The van der Waals surface area contributed by atoms with Gasteiger partial charge in [-0.3, -0.25) is 9.59 Å². The van der Waals surface area contributed by atoms with Crippen molar-refractivity contribution in [2.75, 3.05) is 0 Å². The quantitative estimate of drug-likeness (QED) is 0.649. The lowest BCUT2D eigenvalue weighted by atomic mass is 10.1. The molecule has 6 heteroatoms. The SMILES string of the molecule is Cc1cc(C)c(CNC(=O)/C=C/c2cn(CCC#N)c3ccccc23)c(=O)[nH]1. The molecule has 0 saturated heterocycles. The summed E-state index contributed by atoms with van der Waals surface area (Å²) < 4.78 is 2.02. The lowest BCUT2D eigenvalue weighted by molar-refractivity contribution is -0.116. The maximum Gasteiger partial charge on any atom is 0.253 e. The summed E-state index contributed by atoms with van der Waals surface area (Å²) >= 11 is 0. The van der Waals surface area contributed by atoms with Gasteiger partial charge in [0, 0.05) is 53.1 Å². The van der Waals surface area contributed by atoms with E-state index in [4.69, 9.17) is 5.26 Å². The van der Waals surface area contributed by atoms with Crippen LogP contribution in [0.25, 0.3) is 17.0 Å². The number of benzene rings is 1. The second-order valence-electron chi connectivity index (χ2n) is 6.70. The van der Waals surface area contributed by atoms with Crippen molar-refractivity contribution < 1.29 is 4.79 Å². The molecular formula is C22H22N4O2. The van der Waals surface area contributed by atoms with E-state index >= 15 is 0 Å². The Morgan fingerprint density at radius 1 is 1.32 bits per heavy atom. The smallest absolute Gasteiger partial charge is 0.253 e. The highest BCUT2D eigenvalue weighted by Gasteiger charge is 2.08. The first-order chi connectivity index (χ1) is 13.5. The predicted molar refractivity (Wildman–Crippen MR) is 110 cm³/mol. The third-order valence-corrected chi connectivity index (χ3v) is 4.63. The monoisotopic (exact) mass is 374 g/mol. The van der Waals surface area contributed by atoms with Gasteiger partial charge in [-0.2, -0.15) is 5.26 Å². The zero-order valence-electron chi connectivity index (χ0n) is 16.0. The minimum Gasteiger partial charge on any atom is -0.348 e. The number of aromatic nitrogens is 2. The van der Waals surface area contributed by atoms with E-state index in [9.17, 15) is 9.59 Å². The summed E-state index contributed by atoms with van der Waals surface area (Å²) in [5, 5.41) is 12.6. The molecule has 2 N–H and O–H groups in total. The molecule has 0 bridgehead atoms. The number of aromatic amines is 1. The van der Waals surface area contributed by atoms with Crippen LogP contribution in [0.15, 0.2) is 47.4 Å². The fourth-order valence-corrected chi connectivity index (χ4v) is 3.26. The molecule has 0 atom stereocenters. The molecule has 6 nitrogen and oxygen atoms in total. The van der Waals surface area contributed by atoms with Crippen LogP contribution < -0.4 is 10.9 Å². The van der Waals surface area contributed by atoms with Crippen LogP contribution in [0.4, 0.5) is 0 Å². The number of rotatable bonds is 6. The fourth-order valence-electron chi connectivity index (χ4n) is 3.26. The Labute approximate surface area is 163 Å². The van der Waals surface area contributed by atoms with Gasteiger partial charge in [0.05, 0.1) is 12.5 Å². The van der Waals surface area contributed by atoms with E-state index in [0.717, 1.165) is 27.7 Å². The first kappa shape index (κ1) is 19.2. The minimum atomic E-state index is -0.270. The maximum absolute atomic E-state index is 12.2. The number of pyridine rings is 1. The number of nitrogens with zero attached hydrogens (tertiary/aromatic N) is 2. The summed E-state index contributed by atoms with van der Waals surface area (Å²) in [7, 11) is 0. The molecule has 3 rings (SSSR count). The highest BCUT2D eigenvalue weighted by Crippen LogP contribution is 2.22. The van der Waals surface area contributed by atoms with E-state index in [-0.39, 0.29) is 18.0 Å². The molecule has 0 unspecified atom stereocenters. The number of hydrogen-bond acceptors (Lipinski definition) is 3. The van der Waals surface area contributed by atoms with Gasteiger partial charge in [0.25, 0.3) is 5.56 Å². The highest BCUT2D eigenvalue weighted by atomic mass is 16.1. The number of para-hydroxylation sites is 1. The van der Waals surface area contributed by atoms with Crippen molar-refractivity contribution in [3.05, 3.63) is 75.3 Å². The number of carbonyl (C=O) groups excluding carboxylic acids is 1. The standard InChI is InChI=1S/C22H22N4O2/c1-15-12-16(2)25-22(28)19(15)13-24-21(27)9-8-17-14-26(11-5-10-23)20-7-4-3-6-18(17)20/h3-4,6-9,12,14H,5,11,13H2,1-2H3,(H,24,27)(H,25,28)/b9-8+. The highest BCUT2D eigenvalue weighted by molar-refractivity contribution is 5.96. The fraction of sp³-hybridized carbons (Fsp3) is 0.227. The second-order valence-corrected chi connectivity index (χ2v) is 6.70. The Morgan fingerprint density at radius 2 is 2.11 bits per heavy atom. The van der Waals surface area contributed by atoms with Crippen molar-refractivity contribution in [3.63, 3.8) is 0 Å². The molecule has 0 fully saturated rings. The van der Waals surface area contributed by atoms with Crippen molar-refractivity contribution in [3.8, 4) is 6.07 Å². The largest absolute Gasteiger partial charge is 0.348 e. The number of nitriles is 1. The summed E-state index contributed by atoms with van der Waals surface area (Å²) in [6, 6.07) is 11.9. The third-order valence-electron chi connectivity index (χ3n) is 4.63. The summed E-state index contributed by atoms with van der Waals surface area (Å²) in [5.41, 5.74) is 3.96. The summed E-state index contributed by atoms with van der Waals surface area (Å²) in [5.74, 6) is -0.270. The average Bonchev–Trinajstić information content (AvgIpc) is 3.02. The van der Waals surface area contributed by atoms with Gasteiger partial charge in [-0.05, 0) is 37.6 Å². The van der Waals surface area contributed by atoms with Crippen molar-refractivity contribution >= 4 is 22.9 Å². The van der Waals surface area contributed by atoms with Gasteiger partial charge in [0.15, 0.2) is 0 Å². The van der Waals surface area contributed by atoms with Crippen molar-refractivity contribution in [1.82, 2.24) is 14.9 Å². The van der Waals surface area contributed by atoms with Gasteiger partial charge in [0.2, 0.25) is 5.91 Å². The Bertz CT molecular complexity index is 1150. The third kappa shape index (κ3) is 4.21. The molecule has 2 aromatic heterocycles. The molecule has 142 valence electrons. The summed E-state index contributed by atoms with van der Waals surface area (Å²) in [6.07, 6.45) is 5.59. The van der Waals surface area contributed by atoms with Crippen LogP contribution in [0.3, 0.4) is 0 Å². The van der Waals surface area contributed by atoms with Gasteiger partial charge in [-0.15, -0.1) is 0 Å². The Balaban J connectivity index is 1.74. The van der Waals surface area contributed by atoms with Crippen LogP contribution >= 0.6 is 0 Å². The second kappa shape index (κ2) is 8.40. The molecule has 0 aliphatic heterocycles. The number of H-pyrrole nitrogens is 1. The Morgan fingerprint density at radius 3 is 2.86 bits per heavy atom. The molecule has 0 saturated carbocycles. The van der Waals surface area contributed by atoms with Gasteiger partial charge < -0.3 is 14.9 Å². The number of amides is 1. The topological polar surface area (TPSA) is 90.7 Å². The maximum atomic E-state index is 12.2. The van der Waals surface area contributed by atoms with Gasteiger partial charge in [-0.1, -0.05) is 18.2 Å². The van der Waals surface area contributed by atoms with E-state index in [0.29, 0.717) is 18.5 Å². The Hall–Kier alpha value is -3.59. The molecule has 1 amide bonds. The zero-order chi connectivity index (χ0) is 20.1. The average molecular weight is 374 g/mol. The van der Waals surface area contributed by atoms with E-state index in [1.807, 2.05) is 54.9 Å². The summed E-state index contributed by atoms with van der Waals surface area (Å²) in [4.78, 5) is 27.0. The van der Waals surface area contributed by atoms with Crippen LogP contribution in [0.5, 0.6) is 0 Å².